The number of hydrogen-bond acceptors (Lipinski definition) is 5. The Hall–Kier alpha value is -4.62. The molecule has 0 saturated carbocycles. The van der Waals surface area contributed by atoms with E-state index in [-0.39, 0.29) is 17.2 Å². The second-order valence-electron chi connectivity index (χ2n) is 7.74. The van der Waals surface area contributed by atoms with Crippen molar-refractivity contribution in [3.05, 3.63) is 70.1 Å². The zero-order chi connectivity index (χ0) is 23.5. The monoisotopic (exact) mass is 443 g/mol. The molecular weight excluding hydrogens is 426 g/mol. The molecule has 0 spiro atoms. The molecule has 156 valence electrons. The van der Waals surface area contributed by atoms with Crippen molar-refractivity contribution >= 4 is 45.3 Å². The SMILES string of the molecule is CC(C)n1c2cc(C=C(C#N)C#N)ccc2c2ccc(-c3ccc(C=C(C#N)C#N)s3)cc21. The smallest absolute Gasteiger partial charge is 0.131 e. The quantitative estimate of drug-likeness (QED) is 0.318. The molecule has 4 aromatic rings. The van der Waals surface area contributed by atoms with Gasteiger partial charge in [0, 0.05) is 37.6 Å². The maximum Gasteiger partial charge on any atom is 0.131 e. The summed E-state index contributed by atoms with van der Waals surface area (Å²) >= 11 is 1.53. The van der Waals surface area contributed by atoms with Gasteiger partial charge >= 0.3 is 0 Å². The number of nitriles is 4. The zero-order valence-corrected chi connectivity index (χ0v) is 18.8. The average molecular weight is 444 g/mol. The minimum absolute atomic E-state index is 0.0716. The summed E-state index contributed by atoms with van der Waals surface area (Å²) in [6.07, 6.45) is 3.20. The lowest BCUT2D eigenvalue weighted by atomic mass is 10.1. The van der Waals surface area contributed by atoms with Gasteiger partial charge in [-0.3, -0.25) is 0 Å². The summed E-state index contributed by atoms with van der Waals surface area (Å²) in [7, 11) is 0. The van der Waals surface area contributed by atoms with Crippen molar-refractivity contribution in [3.8, 4) is 34.7 Å². The van der Waals surface area contributed by atoms with E-state index in [1.54, 1.807) is 12.2 Å². The van der Waals surface area contributed by atoms with Crippen molar-refractivity contribution in [2.75, 3.05) is 0 Å². The molecule has 0 bridgehead atoms. The molecule has 0 saturated heterocycles. The van der Waals surface area contributed by atoms with Crippen LogP contribution in [0.3, 0.4) is 0 Å². The van der Waals surface area contributed by atoms with Gasteiger partial charge in [-0.1, -0.05) is 24.3 Å². The van der Waals surface area contributed by atoms with Gasteiger partial charge in [0.2, 0.25) is 0 Å². The second kappa shape index (κ2) is 8.86. The number of aromatic nitrogens is 1. The molecule has 4 rings (SSSR count). The molecular formula is C27H17N5S. The summed E-state index contributed by atoms with van der Waals surface area (Å²) in [6, 6.07) is 24.1. The first kappa shape index (κ1) is 21.6. The Balaban J connectivity index is 1.89. The molecule has 0 aliphatic rings. The second-order valence-corrected chi connectivity index (χ2v) is 8.85. The third kappa shape index (κ3) is 4.00. The number of hydrogen-bond donors (Lipinski definition) is 0. The highest BCUT2D eigenvalue weighted by Gasteiger charge is 2.15. The molecule has 5 nitrogen and oxygen atoms in total. The lowest BCUT2D eigenvalue weighted by Gasteiger charge is -2.12. The van der Waals surface area contributed by atoms with E-state index >= 15 is 0 Å². The van der Waals surface area contributed by atoms with Crippen molar-refractivity contribution in [1.82, 2.24) is 4.57 Å². The van der Waals surface area contributed by atoms with Crippen molar-refractivity contribution in [2.24, 2.45) is 0 Å². The first-order valence-corrected chi connectivity index (χ1v) is 11.0. The van der Waals surface area contributed by atoms with Crippen LogP contribution in [0, 0.1) is 45.3 Å². The Morgan fingerprint density at radius 2 is 1.39 bits per heavy atom. The maximum atomic E-state index is 9.09. The molecule has 0 amide bonds. The van der Waals surface area contributed by atoms with Crippen LogP contribution in [0.5, 0.6) is 0 Å². The van der Waals surface area contributed by atoms with Crippen LogP contribution < -0.4 is 0 Å². The van der Waals surface area contributed by atoms with E-state index < -0.39 is 0 Å². The summed E-state index contributed by atoms with van der Waals surface area (Å²) in [5.74, 6) is 0. The predicted molar refractivity (Wildman–Crippen MR) is 132 cm³/mol. The largest absolute Gasteiger partial charge is 0.338 e. The van der Waals surface area contributed by atoms with Crippen LogP contribution in [0.15, 0.2) is 59.7 Å². The number of nitrogens with zero attached hydrogens (tertiary/aromatic N) is 5. The van der Waals surface area contributed by atoms with E-state index in [0.29, 0.717) is 0 Å². The zero-order valence-electron chi connectivity index (χ0n) is 18.0. The predicted octanol–water partition coefficient (Wildman–Crippen LogP) is 6.97. The first-order valence-electron chi connectivity index (χ1n) is 10.2. The topological polar surface area (TPSA) is 100 Å². The standard InChI is InChI=1S/C27H17N5S/c1-17(2)32-25-11-18(9-19(13-28)14-29)3-6-23(25)24-7-4-21(12-26(24)32)27-8-5-22(33-27)10-20(15-30)16-31/h3-12,17H,1-2H3. The lowest BCUT2D eigenvalue weighted by Crippen LogP contribution is -2.00. The fraction of sp³-hybridized carbons (Fsp3) is 0.111. The normalized spacial score (nSPS) is 10.3. The first-order chi connectivity index (χ1) is 16.0. The molecule has 0 radical (unpaired) electrons. The van der Waals surface area contributed by atoms with E-state index in [1.807, 2.05) is 54.6 Å². The highest BCUT2D eigenvalue weighted by Crippen LogP contribution is 2.37. The minimum atomic E-state index is 0.0716. The maximum absolute atomic E-state index is 9.09. The van der Waals surface area contributed by atoms with Gasteiger partial charge in [-0.05, 0) is 61.4 Å². The van der Waals surface area contributed by atoms with Gasteiger partial charge in [-0.15, -0.1) is 11.3 Å². The molecule has 2 aromatic heterocycles. The van der Waals surface area contributed by atoms with Crippen LogP contribution in [-0.4, -0.2) is 4.57 Å². The highest BCUT2D eigenvalue weighted by atomic mass is 32.1. The summed E-state index contributed by atoms with van der Waals surface area (Å²) in [4.78, 5) is 1.91. The molecule has 2 heterocycles. The van der Waals surface area contributed by atoms with Gasteiger partial charge in [-0.25, -0.2) is 0 Å². The van der Waals surface area contributed by atoms with Crippen LogP contribution in [0.25, 0.3) is 44.4 Å². The number of thiophene rings is 1. The Kier molecular flexibility index (Phi) is 5.80. The Morgan fingerprint density at radius 3 is 2.03 bits per heavy atom. The third-order valence-electron chi connectivity index (χ3n) is 5.34. The van der Waals surface area contributed by atoms with Crippen LogP contribution in [-0.2, 0) is 0 Å². The van der Waals surface area contributed by atoms with Crippen molar-refractivity contribution < 1.29 is 0 Å². The van der Waals surface area contributed by atoms with Crippen LogP contribution >= 0.6 is 11.3 Å². The van der Waals surface area contributed by atoms with Gasteiger partial charge in [0.1, 0.15) is 35.4 Å². The van der Waals surface area contributed by atoms with Crippen molar-refractivity contribution in [1.29, 1.82) is 21.0 Å². The average Bonchev–Trinajstić information content (AvgIpc) is 3.42. The van der Waals surface area contributed by atoms with Gasteiger partial charge < -0.3 is 4.57 Å². The number of allylic oxidation sites excluding steroid dienone is 2. The third-order valence-corrected chi connectivity index (χ3v) is 6.42. The van der Waals surface area contributed by atoms with Gasteiger partial charge in [-0.2, -0.15) is 21.0 Å². The van der Waals surface area contributed by atoms with E-state index in [2.05, 4.69) is 36.6 Å². The fourth-order valence-corrected chi connectivity index (χ4v) is 4.88. The lowest BCUT2D eigenvalue weighted by molar-refractivity contribution is 0.642. The molecule has 0 N–H and O–H groups in total. The summed E-state index contributed by atoms with van der Waals surface area (Å²) in [5, 5.41) is 38.4. The summed E-state index contributed by atoms with van der Waals surface area (Å²) < 4.78 is 2.27. The van der Waals surface area contributed by atoms with Crippen LogP contribution in [0.4, 0.5) is 0 Å². The summed E-state index contributed by atoms with van der Waals surface area (Å²) in [5.41, 5.74) is 4.17. The fourth-order valence-electron chi connectivity index (χ4n) is 3.94. The van der Waals surface area contributed by atoms with Crippen molar-refractivity contribution in [3.63, 3.8) is 0 Å². The van der Waals surface area contributed by atoms with Crippen LogP contribution in [0.2, 0.25) is 0 Å². The van der Waals surface area contributed by atoms with Gasteiger partial charge in [0.25, 0.3) is 0 Å². The Morgan fingerprint density at radius 1 is 0.788 bits per heavy atom. The van der Waals surface area contributed by atoms with Gasteiger partial charge in [0.05, 0.1) is 0 Å². The molecule has 0 fully saturated rings. The summed E-state index contributed by atoms with van der Waals surface area (Å²) in [6.45, 7) is 4.26. The minimum Gasteiger partial charge on any atom is -0.338 e. The molecule has 0 unspecified atom stereocenters. The van der Waals surface area contributed by atoms with E-state index in [0.717, 1.165) is 42.7 Å². The van der Waals surface area contributed by atoms with Crippen LogP contribution in [0.1, 0.15) is 30.3 Å². The van der Waals surface area contributed by atoms with E-state index in [4.69, 9.17) is 21.0 Å². The van der Waals surface area contributed by atoms with Crippen molar-refractivity contribution in [2.45, 2.75) is 19.9 Å². The number of fused-ring (bicyclic) bond motifs is 3. The molecule has 0 aliphatic heterocycles. The highest BCUT2D eigenvalue weighted by molar-refractivity contribution is 7.16. The van der Waals surface area contributed by atoms with Gasteiger partial charge in [0.15, 0.2) is 0 Å². The Labute approximate surface area is 195 Å². The molecule has 33 heavy (non-hydrogen) atoms. The number of rotatable bonds is 4. The van der Waals surface area contributed by atoms with E-state index in [1.165, 1.54) is 11.3 Å². The molecule has 0 aliphatic carbocycles. The Bertz CT molecular complexity index is 1600. The molecule has 0 atom stereocenters. The van der Waals surface area contributed by atoms with E-state index in [9.17, 15) is 0 Å². The molecule has 6 heteroatoms. The number of benzene rings is 2. The molecule has 2 aromatic carbocycles.